The van der Waals surface area contributed by atoms with Crippen LogP contribution in [0.15, 0.2) is 23.2 Å². The molecule has 1 atom stereocenters. The molecule has 110 valence electrons. The van der Waals surface area contributed by atoms with Crippen molar-refractivity contribution in [2.45, 2.75) is 26.3 Å². The van der Waals surface area contributed by atoms with Crippen LogP contribution in [0.1, 0.15) is 20.3 Å². The summed E-state index contributed by atoms with van der Waals surface area (Å²) in [5, 5.41) is 4.32. The fourth-order valence-electron chi connectivity index (χ4n) is 2.17. The van der Waals surface area contributed by atoms with Gasteiger partial charge in [0.05, 0.1) is 25.9 Å². The molecule has 1 aliphatic heterocycles. The van der Waals surface area contributed by atoms with Crippen LogP contribution in [-0.2, 0) is 0 Å². The quantitative estimate of drug-likeness (QED) is 0.900. The highest BCUT2D eigenvalue weighted by Gasteiger charge is 2.20. The molecule has 5 heteroatoms. The van der Waals surface area contributed by atoms with Gasteiger partial charge in [-0.3, -0.25) is 4.99 Å². The van der Waals surface area contributed by atoms with Gasteiger partial charge in [0.2, 0.25) is 0 Å². The topological polar surface area (TPSA) is 42.8 Å². The number of nitrogens with zero attached hydrogens (tertiary/aromatic N) is 1. The van der Waals surface area contributed by atoms with E-state index in [9.17, 15) is 0 Å². The molecule has 1 aromatic carbocycles. The Morgan fingerprint density at radius 3 is 2.80 bits per heavy atom. The van der Waals surface area contributed by atoms with Gasteiger partial charge in [0.15, 0.2) is 5.17 Å². The summed E-state index contributed by atoms with van der Waals surface area (Å²) in [7, 11) is 3.31. The zero-order valence-electron chi connectivity index (χ0n) is 12.5. The lowest BCUT2D eigenvalue weighted by Gasteiger charge is -2.11. The molecule has 4 nitrogen and oxygen atoms in total. The van der Waals surface area contributed by atoms with E-state index in [1.807, 2.05) is 18.2 Å². The van der Waals surface area contributed by atoms with E-state index < -0.39 is 0 Å². The number of nitrogens with one attached hydrogen (secondary N) is 1. The number of aliphatic imine (C=N–C) groups is 1. The molecule has 0 fully saturated rings. The number of benzene rings is 1. The van der Waals surface area contributed by atoms with Crippen molar-refractivity contribution in [2.24, 2.45) is 10.9 Å². The summed E-state index contributed by atoms with van der Waals surface area (Å²) in [5.74, 6) is 3.28. The highest BCUT2D eigenvalue weighted by atomic mass is 32.2. The van der Waals surface area contributed by atoms with Crippen molar-refractivity contribution < 1.29 is 9.47 Å². The molecular formula is C15H22N2O2S. The van der Waals surface area contributed by atoms with Gasteiger partial charge in [-0.1, -0.05) is 25.6 Å². The number of hydrogen-bond acceptors (Lipinski definition) is 5. The van der Waals surface area contributed by atoms with Gasteiger partial charge in [-0.15, -0.1) is 0 Å². The van der Waals surface area contributed by atoms with E-state index in [0.717, 1.165) is 34.5 Å². The smallest absolute Gasteiger partial charge is 0.161 e. The number of anilines is 1. The van der Waals surface area contributed by atoms with Gasteiger partial charge in [-0.25, -0.2) is 0 Å². The van der Waals surface area contributed by atoms with E-state index in [2.05, 4.69) is 19.2 Å². The lowest BCUT2D eigenvalue weighted by molar-refractivity contribution is 0.395. The Morgan fingerprint density at radius 1 is 1.35 bits per heavy atom. The summed E-state index contributed by atoms with van der Waals surface area (Å²) in [6.07, 6.45) is 1.14. The van der Waals surface area contributed by atoms with Gasteiger partial charge in [-0.05, 0) is 24.5 Å². The minimum atomic E-state index is 0.423. The minimum Gasteiger partial charge on any atom is -0.497 e. The van der Waals surface area contributed by atoms with Crippen molar-refractivity contribution in [1.82, 2.24) is 0 Å². The Morgan fingerprint density at radius 2 is 2.15 bits per heavy atom. The predicted molar refractivity (Wildman–Crippen MR) is 86.3 cm³/mol. The Bertz CT molecular complexity index is 489. The SMILES string of the molecule is COc1ccc(NC2=NC(CC(C)C)CS2)c(OC)c1. The molecule has 1 aliphatic rings. The standard InChI is InChI=1S/C15H22N2O2S/c1-10(2)7-11-9-20-15(16-11)17-13-6-5-12(18-3)8-14(13)19-4/h5-6,8,10-11H,7,9H2,1-4H3,(H,16,17). The number of methoxy groups -OCH3 is 2. The lowest BCUT2D eigenvalue weighted by atomic mass is 10.1. The van der Waals surface area contributed by atoms with E-state index in [1.165, 1.54) is 0 Å². The molecule has 0 radical (unpaired) electrons. The summed E-state index contributed by atoms with van der Waals surface area (Å²) < 4.78 is 10.6. The highest BCUT2D eigenvalue weighted by molar-refractivity contribution is 8.14. The second kappa shape index (κ2) is 6.88. The third kappa shape index (κ3) is 3.82. The van der Waals surface area contributed by atoms with E-state index in [4.69, 9.17) is 14.5 Å². The van der Waals surface area contributed by atoms with Gasteiger partial charge < -0.3 is 14.8 Å². The van der Waals surface area contributed by atoms with Crippen LogP contribution in [0.4, 0.5) is 5.69 Å². The first kappa shape index (κ1) is 15.0. The largest absolute Gasteiger partial charge is 0.497 e. The van der Waals surface area contributed by atoms with Gasteiger partial charge in [0.1, 0.15) is 11.5 Å². The summed E-state index contributed by atoms with van der Waals surface area (Å²) in [5.41, 5.74) is 0.921. The molecular weight excluding hydrogens is 272 g/mol. The molecule has 1 aromatic rings. The van der Waals surface area contributed by atoms with Crippen LogP contribution in [0, 0.1) is 5.92 Å². The number of rotatable bonds is 5. The van der Waals surface area contributed by atoms with Gasteiger partial charge in [-0.2, -0.15) is 0 Å². The molecule has 0 saturated heterocycles. The van der Waals surface area contributed by atoms with Crippen LogP contribution in [0.3, 0.4) is 0 Å². The van der Waals surface area contributed by atoms with E-state index in [1.54, 1.807) is 26.0 Å². The van der Waals surface area contributed by atoms with E-state index in [0.29, 0.717) is 12.0 Å². The Balaban J connectivity index is 2.07. The average molecular weight is 294 g/mol. The second-order valence-corrected chi connectivity index (χ2v) is 6.23. The highest BCUT2D eigenvalue weighted by Crippen LogP contribution is 2.31. The minimum absolute atomic E-state index is 0.423. The van der Waals surface area contributed by atoms with E-state index >= 15 is 0 Å². The summed E-state index contributed by atoms with van der Waals surface area (Å²) >= 11 is 1.77. The van der Waals surface area contributed by atoms with Crippen molar-refractivity contribution in [1.29, 1.82) is 0 Å². The Labute approximate surface area is 125 Å². The van der Waals surface area contributed by atoms with Crippen LogP contribution >= 0.6 is 11.8 Å². The molecule has 0 aliphatic carbocycles. The maximum absolute atomic E-state index is 5.38. The predicted octanol–water partition coefficient (Wildman–Crippen LogP) is 3.63. The summed E-state index contributed by atoms with van der Waals surface area (Å²) in [6.45, 7) is 4.47. The number of amidine groups is 1. The lowest BCUT2D eigenvalue weighted by Crippen LogP contribution is -2.08. The molecule has 2 rings (SSSR count). The number of hydrogen-bond donors (Lipinski definition) is 1. The zero-order valence-corrected chi connectivity index (χ0v) is 13.3. The summed E-state index contributed by atoms with van der Waals surface area (Å²) in [4.78, 5) is 4.72. The van der Waals surface area contributed by atoms with Gasteiger partial charge in [0, 0.05) is 11.8 Å². The van der Waals surface area contributed by atoms with Crippen LogP contribution in [0.2, 0.25) is 0 Å². The molecule has 0 aromatic heterocycles. The summed E-state index contributed by atoms with van der Waals surface area (Å²) in [6, 6.07) is 6.16. The fourth-order valence-corrected chi connectivity index (χ4v) is 3.13. The first-order chi connectivity index (χ1) is 9.62. The first-order valence-electron chi connectivity index (χ1n) is 6.82. The normalized spacial score (nSPS) is 18.1. The van der Waals surface area contributed by atoms with Crippen LogP contribution in [-0.4, -0.2) is 31.2 Å². The zero-order chi connectivity index (χ0) is 14.5. The molecule has 1 heterocycles. The molecule has 20 heavy (non-hydrogen) atoms. The van der Waals surface area contributed by atoms with Crippen molar-refractivity contribution in [3.05, 3.63) is 18.2 Å². The molecule has 1 N–H and O–H groups in total. The van der Waals surface area contributed by atoms with Crippen molar-refractivity contribution in [2.75, 3.05) is 25.3 Å². The van der Waals surface area contributed by atoms with Crippen molar-refractivity contribution in [3.8, 4) is 11.5 Å². The van der Waals surface area contributed by atoms with Crippen LogP contribution < -0.4 is 14.8 Å². The molecule has 1 unspecified atom stereocenters. The maximum Gasteiger partial charge on any atom is 0.161 e. The van der Waals surface area contributed by atoms with Crippen molar-refractivity contribution >= 4 is 22.6 Å². The van der Waals surface area contributed by atoms with Crippen molar-refractivity contribution in [3.63, 3.8) is 0 Å². The number of ether oxygens (including phenoxy) is 2. The Hall–Kier alpha value is -1.36. The third-order valence-electron chi connectivity index (χ3n) is 3.11. The monoisotopic (exact) mass is 294 g/mol. The van der Waals surface area contributed by atoms with Gasteiger partial charge in [0.25, 0.3) is 0 Å². The molecule has 0 amide bonds. The Kier molecular flexibility index (Phi) is 5.17. The molecule has 0 bridgehead atoms. The molecule has 0 saturated carbocycles. The average Bonchev–Trinajstić information content (AvgIpc) is 2.85. The fraction of sp³-hybridized carbons (Fsp3) is 0.533. The maximum atomic E-state index is 5.38. The van der Waals surface area contributed by atoms with E-state index in [-0.39, 0.29) is 0 Å². The van der Waals surface area contributed by atoms with Crippen LogP contribution in [0.5, 0.6) is 11.5 Å². The molecule has 0 spiro atoms. The number of thioether (sulfide) groups is 1. The second-order valence-electron chi connectivity index (χ2n) is 5.22. The third-order valence-corrected chi connectivity index (χ3v) is 4.14. The first-order valence-corrected chi connectivity index (χ1v) is 7.80. The van der Waals surface area contributed by atoms with Gasteiger partial charge >= 0.3 is 0 Å². The van der Waals surface area contributed by atoms with Crippen LogP contribution in [0.25, 0.3) is 0 Å².